The van der Waals surface area contributed by atoms with Crippen molar-refractivity contribution in [3.05, 3.63) is 0 Å². The summed E-state index contributed by atoms with van der Waals surface area (Å²) in [5.74, 6) is 0. The van der Waals surface area contributed by atoms with E-state index in [0.29, 0.717) is 13.0 Å². The number of methoxy groups -OCH3 is 1. The molecule has 5 nitrogen and oxygen atoms in total. The van der Waals surface area contributed by atoms with Crippen LogP contribution in [0.1, 0.15) is 13.3 Å². The molecular formula is C8H15NO4. The van der Waals surface area contributed by atoms with Gasteiger partial charge in [-0.2, -0.15) is 0 Å². The van der Waals surface area contributed by atoms with Crippen LogP contribution in [0.2, 0.25) is 0 Å². The second-order valence-electron chi connectivity index (χ2n) is 3.34. The van der Waals surface area contributed by atoms with Crippen molar-refractivity contribution in [3.63, 3.8) is 0 Å². The first kappa shape index (κ1) is 10.3. The van der Waals surface area contributed by atoms with Crippen LogP contribution in [-0.4, -0.2) is 53.1 Å². The molecule has 3 atom stereocenters. The summed E-state index contributed by atoms with van der Waals surface area (Å²) in [4.78, 5) is 12.0. The molecule has 1 aliphatic rings. The predicted molar refractivity (Wildman–Crippen MR) is 45.6 cm³/mol. The van der Waals surface area contributed by atoms with E-state index >= 15 is 0 Å². The van der Waals surface area contributed by atoms with Gasteiger partial charge in [-0.3, -0.25) is 0 Å². The molecular weight excluding hydrogens is 174 g/mol. The molecule has 0 aromatic rings. The highest BCUT2D eigenvalue weighted by molar-refractivity contribution is 5.66. The lowest BCUT2D eigenvalue weighted by atomic mass is 10.1. The van der Waals surface area contributed by atoms with Crippen molar-refractivity contribution in [1.82, 2.24) is 4.90 Å². The van der Waals surface area contributed by atoms with Gasteiger partial charge in [-0.25, -0.2) is 4.79 Å². The maximum atomic E-state index is 10.7. The molecule has 76 valence electrons. The van der Waals surface area contributed by atoms with Gasteiger partial charge < -0.3 is 19.8 Å². The van der Waals surface area contributed by atoms with Crippen molar-refractivity contribution in [1.29, 1.82) is 0 Å². The molecule has 0 spiro atoms. The van der Waals surface area contributed by atoms with Crippen molar-refractivity contribution in [3.8, 4) is 0 Å². The van der Waals surface area contributed by atoms with Gasteiger partial charge in [-0.1, -0.05) is 0 Å². The fourth-order valence-corrected chi connectivity index (χ4v) is 1.67. The Hall–Kier alpha value is -0.810. The molecule has 1 heterocycles. The number of carboxylic acid groups (broad SMARTS) is 1. The van der Waals surface area contributed by atoms with Crippen LogP contribution in [-0.2, 0) is 4.74 Å². The quantitative estimate of drug-likeness (QED) is 0.648. The van der Waals surface area contributed by atoms with Crippen molar-refractivity contribution in [2.45, 2.75) is 31.6 Å². The standard InChI is InChI=1S/C8H15NO4/c1-5(10)7-3-6(13-2)4-9(7)8(11)12/h5-7,10H,3-4H2,1-2H3,(H,11,12)/t5?,6-,7?/m1/s1. The summed E-state index contributed by atoms with van der Waals surface area (Å²) in [5, 5.41) is 18.1. The molecule has 0 bridgehead atoms. The Morgan fingerprint density at radius 1 is 1.69 bits per heavy atom. The first-order valence-corrected chi connectivity index (χ1v) is 4.26. The Kier molecular flexibility index (Phi) is 3.11. The van der Waals surface area contributed by atoms with E-state index in [-0.39, 0.29) is 12.1 Å². The lowest BCUT2D eigenvalue weighted by Crippen LogP contribution is -2.40. The number of carbonyl (C=O) groups is 1. The van der Waals surface area contributed by atoms with E-state index in [1.165, 1.54) is 4.90 Å². The van der Waals surface area contributed by atoms with E-state index in [4.69, 9.17) is 9.84 Å². The molecule has 0 aromatic heterocycles. The Morgan fingerprint density at radius 2 is 2.31 bits per heavy atom. The van der Waals surface area contributed by atoms with Crippen LogP contribution in [0.15, 0.2) is 0 Å². The third-order valence-electron chi connectivity index (χ3n) is 2.44. The normalized spacial score (nSPS) is 30.5. The molecule has 0 saturated carbocycles. The number of aliphatic hydroxyl groups is 1. The molecule has 13 heavy (non-hydrogen) atoms. The number of ether oxygens (including phenoxy) is 1. The fraction of sp³-hybridized carbons (Fsp3) is 0.875. The van der Waals surface area contributed by atoms with Gasteiger partial charge in [0.25, 0.3) is 0 Å². The molecule has 0 radical (unpaired) electrons. The summed E-state index contributed by atoms with van der Waals surface area (Å²) in [7, 11) is 1.55. The Balaban J connectivity index is 2.65. The molecule has 1 aliphatic heterocycles. The number of hydrogen-bond acceptors (Lipinski definition) is 3. The largest absolute Gasteiger partial charge is 0.465 e. The predicted octanol–water partition coefficient (Wildman–Crippen LogP) is 0.134. The third kappa shape index (κ3) is 2.10. The Bertz CT molecular complexity index is 195. The second-order valence-corrected chi connectivity index (χ2v) is 3.34. The van der Waals surface area contributed by atoms with Crippen molar-refractivity contribution >= 4 is 6.09 Å². The van der Waals surface area contributed by atoms with Gasteiger partial charge in [0.2, 0.25) is 0 Å². The molecule has 1 fully saturated rings. The molecule has 1 rings (SSSR count). The summed E-state index contributed by atoms with van der Waals surface area (Å²) in [5.41, 5.74) is 0. The number of rotatable bonds is 2. The van der Waals surface area contributed by atoms with Crippen LogP contribution in [0.5, 0.6) is 0 Å². The lowest BCUT2D eigenvalue weighted by Gasteiger charge is -2.23. The number of nitrogens with zero attached hydrogens (tertiary/aromatic N) is 1. The van der Waals surface area contributed by atoms with E-state index in [1.54, 1.807) is 14.0 Å². The minimum Gasteiger partial charge on any atom is -0.465 e. The van der Waals surface area contributed by atoms with Crippen LogP contribution in [0.25, 0.3) is 0 Å². The SMILES string of the molecule is CO[C@@H]1CC(C(C)O)N(C(=O)O)C1. The van der Waals surface area contributed by atoms with Crippen LogP contribution in [0.3, 0.4) is 0 Å². The monoisotopic (exact) mass is 189 g/mol. The van der Waals surface area contributed by atoms with Crippen molar-refractivity contribution in [2.75, 3.05) is 13.7 Å². The molecule has 2 N–H and O–H groups in total. The third-order valence-corrected chi connectivity index (χ3v) is 2.44. The highest BCUT2D eigenvalue weighted by Gasteiger charge is 2.37. The van der Waals surface area contributed by atoms with E-state index in [1.807, 2.05) is 0 Å². The maximum absolute atomic E-state index is 10.7. The molecule has 5 heteroatoms. The first-order valence-electron chi connectivity index (χ1n) is 4.26. The van der Waals surface area contributed by atoms with Crippen molar-refractivity contribution in [2.24, 2.45) is 0 Å². The fourth-order valence-electron chi connectivity index (χ4n) is 1.67. The van der Waals surface area contributed by atoms with Gasteiger partial charge in [0.1, 0.15) is 0 Å². The molecule has 1 amide bonds. The average Bonchev–Trinajstić information content (AvgIpc) is 2.47. The summed E-state index contributed by atoms with van der Waals surface area (Å²) < 4.78 is 5.06. The number of amides is 1. The zero-order chi connectivity index (χ0) is 10.0. The number of likely N-dealkylation sites (tertiary alicyclic amines) is 1. The number of aliphatic hydroxyl groups excluding tert-OH is 1. The van der Waals surface area contributed by atoms with Gasteiger partial charge in [-0.15, -0.1) is 0 Å². The van der Waals surface area contributed by atoms with Crippen LogP contribution in [0.4, 0.5) is 4.79 Å². The van der Waals surface area contributed by atoms with Gasteiger partial charge in [-0.05, 0) is 13.3 Å². The summed E-state index contributed by atoms with van der Waals surface area (Å²) in [6.07, 6.45) is -1.15. The van der Waals surface area contributed by atoms with E-state index in [9.17, 15) is 9.90 Å². The lowest BCUT2D eigenvalue weighted by molar-refractivity contribution is 0.0781. The highest BCUT2D eigenvalue weighted by Crippen LogP contribution is 2.22. The topological polar surface area (TPSA) is 70.0 Å². The number of hydrogen-bond donors (Lipinski definition) is 2. The summed E-state index contributed by atoms with van der Waals surface area (Å²) in [6.45, 7) is 1.94. The first-order chi connectivity index (χ1) is 6.06. The summed E-state index contributed by atoms with van der Waals surface area (Å²) >= 11 is 0. The minimum absolute atomic E-state index is 0.0873. The van der Waals surface area contributed by atoms with E-state index in [0.717, 1.165) is 0 Å². The Morgan fingerprint density at radius 3 is 2.62 bits per heavy atom. The average molecular weight is 189 g/mol. The van der Waals surface area contributed by atoms with Crippen molar-refractivity contribution < 1.29 is 19.7 Å². The zero-order valence-corrected chi connectivity index (χ0v) is 7.80. The van der Waals surface area contributed by atoms with Gasteiger partial charge in [0, 0.05) is 7.11 Å². The molecule has 1 saturated heterocycles. The molecule has 0 aliphatic carbocycles. The smallest absolute Gasteiger partial charge is 0.407 e. The van der Waals surface area contributed by atoms with Gasteiger partial charge in [0.05, 0.1) is 24.8 Å². The second kappa shape index (κ2) is 3.93. The van der Waals surface area contributed by atoms with Gasteiger partial charge in [0.15, 0.2) is 0 Å². The van der Waals surface area contributed by atoms with Crippen LogP contribution < -0.4 is 0 Å². The maximum Gasteiger partial charge on any atom is 0.407 e. The van der Waals surface area contributed by atoms with E-state index in [2.05, 4.69) is 0 Å². The Labute approximate surface area is 76.9 Å². The zero-order valence-electron chi connectivity index (χ0n) is 7.80. The highest BCUT2D eigenvalue weighted by atomic mass is 16.5. The minimum atomic E-state index is -0.995. The van der Waals surface area contributed by atoms with Crippen LogP contribution >= 0.6 is 0 Å². The molecule has 2 unspecified atom stereocenters. The van der Waals surface area contributed by atoms with E-state index < -0.39 is 12.2 Å². The van der Waals surface area contributed by atoms with Crippen LogP contribution in [0, 0.1) is 0 Å². The molecule has 0 aromatic carbocycles. The van der Waals surface area contributed by atoms with Gasteiger partial charge >= 0.3 is 6.09 Å². The summed E-state index contributed by atoms with van der Waals surface area (Å²) in [6, 6.07) is -0.331.